The van der Waals surface area contributed by atoms with Gasteiger partial charge < -0.3 is 5.32 Å². The number of halogens is 1. The fourth-order valence-electron chi connectivity index (χ4n) is 3.37. The Morgan fingerprint density at radius 3 is 2.39 bits per heavy atom. The highest BCUT2D eigenvalue weighted by Crippen LogP contribution is 2.27. The van der Waals surface area contributed by atoms with E-state index in [1.54, 1.807) is 13.8 Å². The predicted octanol–water partition coefficient (Wildman–Crippen LogP) is 4.07. The van der Waals surface area contributed by atoms with Gasteiger partial charge in [0.15, 0.2) is 11.0 Å². The van der Waals surface area contributed by atoms with Gasteiger partial charge in [-0.1, -0.05) is 53.7 Å². The van der Waals surface area contributed by atoms with Crippen LogP contribution in [0.25, 0.3) is 11.4 Å². The fourth-order valence-corrected chi connectivity index (χ4v) is 4.35. The first-order valence-corrected chi connectivity index (χ1v) is 11.2. The minimum Gasteiger partial charge on any atom is -0.324 e. The first kappa shape index (κ1) is 21.4. The number of aromatic nitrogens is 3. The molecule has 1 aliphatic heterocycles. The molecule has 9 heteroatoms. The Morgan fingerprint density at radius 1 is 1.03 bits per heavy atom. The van der Waals surface area contributed by atoms with Crippen LogP contribution in [-0.4, -0.2) is 49.4 Å². The smallest absolute Gasteiger partial charge is 0.324 e. The zero-order chi connectivity index (χ0) is 22.0. The molecule has 2 aromatic carbocycles. The van der Waals surface area contributed by atoms with Gasteiger partial charge in [0, 0.05) is 22.9 Å². The van der Waals surface area contributed by atoms with Crippen LogP contribution < -0.4 is 5.32 Å². The van der Waals surface area contributed by atoms with Gasteiger partial charge in [0.2, 0.25) is 0 Å². The number of thioether (sulfide) groups is 1. The predicted molar refractivity (Wildman–Crippen MR) is 121 cm³/mol. The molecule has 7 nitrogen and oxygen atoms in total. The molecule has 2 heterocycles. The second kappa shape index (κ2) is 8.72. The molecule has 160 valence electrons. The third-order valence-corrected chi connectivity index (χ3v) is 6.19. The second-order valence-electron chi connectivity index (χ2n) is 7.75. The van der Waals surface area contributed by atoms with Crippen molar-refractivity contribution in [2.75, 3.05) is 12.3 Å². The maximum atomic E-state index is 12.4. The summed E-state index contributed by atoms with van der Waals surface area (Å²) in [5.41, 5.74) is 1.17. The van der Waals surface area contributed by atoms with Crippen LogP contribution in [0, 0.1) is 0 Å². The molecular weight excluding hydrogens is 434 g/mol. The monoisotopic (exact) mass is 455 g/mol. The SMILES string of the molecule is CC1(C)NC(=O)N(CCSc2nnc(-c3ccc(Cl)cc3)n2Cc2ccccc2)C1=O. The molecule has 0 radical (unpaired) electrons. The molecule has 1 saturated heterocycles. The summed E-state index contributed by atoms with van der Waals surface area (Å²) < 4.78 is 2.04. The number of nitrogens with one attached hydrogen (secondary N) is 1. The first-order chi connectivity index (χ1) is 14.8. The van der Waals surface area contributed by atoms with Crippen molar-refractivity contribution >= 4 is 35.3 Å². The summed E-state index contributed by atoms with van der Waals surface area (Å²) in [6.45, 7) is 4.31. The van der Waals surface area contributed by atoms with E-state index in [0.717, 1.165) is 22.1 Å². The molecule has 0 bridgehead atoms. The van der Waals surface area contributed by atoms with Crippen molar-refractivity contribution in [3.05, 3.63) is 65.2 Å². The van der Waals surface area contributed by atoms with Gasteiger partial charge in [0.05, 0.1) is 6.54 Å². The average Bonchev–Trinajstić information content (AvgIpc) is 3.22. The van der Waals surface area contributed by atoms with E-state index in [2.05, 4.69) is 27.6 Å². The topological polar surface area (TPSA) is 80.1 Å². The van der Waals surface area contributed by atoms with Crippen molar-refractivity contribution in [2.45, 2.75) is 31.1 Å². The molecule has 1 aromatic heterocycles. The average molecular weight is 456 g/mol. The molecule has 31 heavy (non-hydrogen) atoms. The zero-order valence-electron chi connectivity index (χ0n) is 17.2. The molecule has 0 saturated carbocycles. The summed E-state index contributed by atoms with van der Waals surface area (Å²) in [6.07, 6.45) is 0. The molecule has 0 spiro atoms. The van der Waals surface area contributed by atoms with Crippen LogP contribution in [0.1, 0.15) is 19.4 Å². The molecular formula is C22H22ClN5O2S. The summed E-state index contributed by atoms with van der Waals surface area (Å²) in [5, 5.41) is 12.9. The molecule has 0 aliphatic carbocycles. The third-order valence-electron chi connectivity index (χ3n) is 4.99. The van der Waals surface area contributed by atoms with Gasteiger partial charge in [0.1, 0.15) is 5.54 Å². The summed E-state index contributed by atoms with van der Waals surface area (Å²) in [4.78, 5) is 25.8. The van der Waals surface area contributed by atoms with Crippen LogP contribution in [-0.2, 0) is 11.3 Å². The van der Waals surface area contributed by atoms with Gasteiger partial charge in [-0.3, -0.25) is 14.3 Å². The number of benzene rings is 2. The van der Waals surface area contributed by atoms with Crippen molar-refractivity contribution in [1.29, 1.82) is 0 Å². The van der Waals surface area contributed by atoms with Crippen molar-refractivity contribution < 1.29 is 9.59 Å². The second-order valence-corrected chi connectivity index (χ2v) is 9.24. The number of imide groups is 1. The van der Waals surface area contributed by atoms with Gasteiger partial charge in [0.25, 0.3) is 5.91 Å². The first-order valence-electron chi connectivity index (χ1n) is 9.85. The van der Waals surface area contributed by atoms with E-state index in [1.807, 2.05) is 47.0 Å². The van der Waals surface area contributed by atoms with Crippen LogP contribution in [0.4, 0.5) is 4.79 Å². The Labute approximate surface area is 189 Å². The standard InChI is InChI=1S/C22H22ClN5O2S/c1-22(2)19(29)27(20(30)24-22)12-13-31-21-26-25-18(16-8-10-17(23)11-9-16)28(21)14-15-6-4-3-5-7-15/h3-11H,12-14H2,1-2H3,(H,24,30). The largest absolute Gasteiger partial charge is 0.325 e. The van der Waals surface area contributed by atoms with E-state index in [4.69, 9.17) is 11.6 Å². The molecule has 4 rings (SSSR count). The molecule has 0 atom stereocenters. The zero-order valence-corrected chi connectivity index (χ0v) is 18.8. The van der Waals surface area contributed by atoms with E-state index < -0.39 is 5.54 Å². The quantitative estimate of drug-likeness (QED) is 0.429. The van der Waals surface area contributed by atoms with Gasteiger partial charge in [-0.25, -0.2) is 4.79 Å². The van der Waals surface area contributed by atoms with E-state index in [-0.39, 0.29) is 11.9 Å². The number of rotatable bonds is 7. The Balaban J connectivity index is 1.55. The Hall–Kier alpha value is -2.84. The van der Waals surface area contributed by atoms with Gasteiger partial charge in [-0.05, 0) is 43.7 Å². The van der Waals surface area contributed by atoms with E-state index in [0.29, 0.717) is 23.9 Å². The maximum absolute atomic E-state index is 12.4. The number of urea groups is 1. The highest BCUT2D eigenvalue weighted by atomic mass is 35.5. The summed E-state index contributed by atoms with van der Waals surface area (Å²) in [5.74, 6) is 1.04. The third kappa shape index (κ3) is 4.60. The molecule has 1 aliphatic rings. The minimum atomic E-state index is -0.864. The normalized spacial score (nSPS) is 15.4. The molecule has 0 unspecified atom stereocenters. The van der Waals surface area contributed by atoms with Crippen LogP contribution >= 0.6 is 23.4 Å². The van der Waals surface area contributed by atoms with Gasteiger partial charge in [-0.2, -0.15) is 0 Å². The molecule has 3 amide bonds. The summed E-state index contributed by atoms with van der Waals surface area (Å²) >= 11 is 7.50. The van der Waals surface area contributed by atoms with E-state index in [9.17, 15) is 9.59 Å². The highest BCUT2D eigenvalue weighted by molar-refractivity contribution is 7.99. The number of hydrogen-bond donors (Lipinski definition) is 1. The molecule has 1 fully saturated rings. The van der Waals surface area contributed by atoms with Crippen molar-refractivity contribution in [3.8, 4) is 11.4 Å². The Morgan fingerprint density at radius 2 is 1.74 bits per heavy atom. The lowest BCUT2D eigenvalue weighted by Gasteiger charge is -2.16. The van der Waals surface area contributed by atoms with E-state index >= 15 is 0 Å². The van der Waals surface area contributed by atoms with E-state index in [1.165, 1.54) is 16.7 Å². The number of hydrogen-bond acceptors (Lipinski definition) is 5. The number of carbonyl (C=O) groups is 2. The van der Waals surface area contributed by atoms with Crippen LogP contribution in [0.2, 0.25) is 5.02 Å². The lowest BCUT2D eigenvalue weighted by Crippen LogP contribution is -2.40. The Bertz CT molecular complexity index is 1100. The van der Waals surface area contributed by atoms with Crippen LogP contribution in [0.3, 0.4) is 0 Å². The highest BCUT2D eigenvalue weighted by Gasteiger charge is 2.43. The Kier molecular flexibility index (Phi) is 6.02. The lowest BCUT2D eigenvalue weighted by atomic mass is 10.1. The van der Waals surface area contributed by atoms with Crippen LogP contribution in [0.15, 0.2) is 59.8 Å². The number of nitrogens with zero attached hydrogens (tertiary/aromatic N) is 4. The summed E-state index contributed by atoms with van der Waals surface area (Å²) in [6, 6.07) is 17.2. The number of amides is 3. The minimum absolute atomic E-state index is 0.217. The number of carbonyl (C=O) groups excluding carboxylic acids is 2. The lowest BCUT2D eigenvalue weighted by molar-refractivity contribution is -0.130. The maximum Gasteiger partial charge on any atom is 0.325 e. The van der Waals surface area contributed by atoms with Crippen molar-refractivity contribution in [2.24, 2.45) is 0 Å². The van der Waals surface area contributed by atoms with Crippen molar-refractivity contribution in [3.63, 3.8) is 0 Å². The van der Waals surface area contributed by atoms with Gasteiger partial charge in [-0.15, -0.1) is 10.2 Å². The van der Waals surface area contributed by atoms with Crippen molar-refractivity contribution in [1.82, 2.24) is 25.0 Å². The van der Waals surface area contributed by atoms with Crippen LogP contribution in [0.5, 0.6) is 0 Å². The summed E-state index contributed by atoms with van der Waals surface area (Å²) in [7, 11) is 0. The van der Waals surface area contributed by atoms with Gasteiger partial charge >= 0.3 is 6.03 Å². The fraction of sp³-hybridized carbons (Fsp3) is 0.273. The molecule has 3 aromatic rings. The molecule has 1 N–H and O–H groups in total.